The summed E-state index contributed by atoms with van der Waals surface area (Å²) in [6, 6.07) is 11.7. The molecule has 1 atom stereocenters. The zero-order valence-electron chi connectivity index (χ0n) is 20.9. The Bertz CT molecular complexity index is 1100. The van der Waals surface area contributed by atoms with Crippen LogP contribution in [0, 0.1) is 6.92 Å². The highest BCUT2D eigenvalue weighted by Gasteiger charge is 2.46. The van der Waals surface area contributed by atoms with Crippen LogP contribution in [0.15, 0.2) is 60.7 Å². The van der Waals surface area contributed by atoms with E-state index >= 15 is 0 Å². The van der Waals surface area contributed by atoms with Crippen LogP contribution in [0.2, 0.25) is 0 Å². The van der Waals surface area contributed by atoms with E-state index in [0.717, 1.165) is 24.2 Å². The summed E-state index contributed by atoms with van der Waals surface area (Å²) in [5.41, 5.74) is 2.03. The minimum absolute atomic E-state index is 0.0857. The number of amides is 1. The third-order valence-corrected chi connectivity index (χ3v) is 6.34. The van der Waals surface area contributed by atoms with E-state index in [9.17, 15) is 14.7 Å². The predicted octanol–water partition coefficient (Wildman–Crippen LogP) is 4.33. The molecule has 1 amide bonds. The number of ether oxygens (including phenoxy) is 2. The van der Waals surface area contributed by atoms with Gasteiger partial charge in [0.05, 0.1) is 18.7 Å². The lowest BCUT2D eigenvalue weighted by Gasteiger charge is -2.28. The summed E-state index contributed by atoms with van der Waals surface area (Å²) >= 11 is 0. The average molecular weight is 479 g/mol. The van der Waals surface area contributed by atoms with E-state index < -0.39 is 17.7 Å². The van der Waals surface area contributed by atoms with Crippen molar-refractivity contribution in [2.75, 3.05) is 39.9 Å². The largest absolute Gasteiger partial charge is 0.507 e. The Balaban J connectivity index is 2.08. The molecule has 2 aromatic carbocycles. The van der Waals surface area contributed by atoms with Gasteiger partial charge in [-0.15, -0.1) is 0 Å². The number of ketones is 1. The van der Waals surface area contributed by atoms with Gasteiger partial charge in [0.2, 0.25) is 0 Å². The molecule has 7 nitrogen and oxygen atoms in total. The van der Waals surface area contributed by atoms with Gasteiger partial charge in [-0.25, -0.2) is 0 Å². The Hall–Kier alpha value is -3.58. The number of carbonyl (C=O) groups excluding carboxylic acids is 2. The second-order valence-corrected chi connectivity index (χ2v) is 8.37. The quantitative estimate of drug-likeness (QED) is 0.224. The fourth-order valence-electron chi connectivity index (χ4n) is 4.32. The zero-order valence-corrected chi connectivity index (χ0v) is 20.9. The van der Waals surface area contributed by atoms with Gasteiger partial charge in [-0.1, -0.05) is 38.6 Å². The molecule has 1 aliphatic heterocycles. The van der Waals surface area contributed by atoms with E-state index in [1.54, 1.807) is 48.4 Å². The summed E-state index contributed by atoms with van der Waals surface area (Å²) in [5.74, 6) is -0.190. The van der Waals surface area contributed by atoms with E-state index in [4.69, 9.17) is 9.47 Å². The lowest BCUT2D eigenvalue weighted by Crippen LogP contribution is -2.38. The number of aliphatic hydroxyl groups excluding tert-OH is 1. The number of Topliss-reactive ketones (excluding diaryl/α,β-unsaturated/α-hetero) is 1. The molecular formula is C28H34N2O5. The predicted molar refractivity (Wildman–Crippen MR) is 137 cm³/mol. The number of likely N-dealkylation sites (N-methyl/N-ethyl adjacent to an activating group) is 1. The van der Waals surface area contributed by atoms with E-state index in [-0.39, 0.29) is 11.3 Å². The van der Waals surface area contributed by atoms with Crippen molar-refractivity contribution in [3.05, 3.63) is 77.4 Å². The normalized spacial score (nSPS) is 17.2. The zero-order chi connectivity index (χ0) is 25.5. The van der Waals surface area contributed by atoms with Crippen LogP contribution in [0.1, 0.15) is 36.6 Å². The molecule has 1 saturated heterocycles. The minimum atomic E-state index is -0.701. The first-order valence-electron chi connectivity index (χ1n) is 11.9. The molecule has 0 saturated carbocycles. The highest BCUT2D eigenvalue weighted by Crippen LogP contribution is 2.40. The van der Waals surface area contributed by atoms with E-state index in [0.29, 0.717) is 36.8 Å². The van der Waals surface area contributed by atoms with Gasteiger partial charge >= 0.3 is 0 Å². The molecule has 0 spiro atoms. The van der Waals surface area contributed by atoms with Crippen LogP contribution in [0.4, 0.5) is 0 Å². The molecule has 7 heteroatoms. The maximum Gasteiger partial charge on any atom is 0.295 e. The highest BCUT2D eigenvalue weighted by molar-refractivity contribution is 6.46. The molecule has 0 aromatic heterocycles. The number of methoxy groups -OCH3 is 1. The van der Waals surface area contributed by atoms with Crippen molar-refractivity contribution in [2.45, 2.75) is 26.8 Å². The smallest absolute Gasteiger partial charge is 0.295 e. The molecule has 186 valence electrons. The van der Waals surface area contributed by atoms with Crippen molar-refractivity contribution in [1.29, 1.82) is 0 Å². The van der Waals surface area contributed by atoms with Crippen molar-refractivity contribution in [1.82, 2.24) is 9.80 Å². The lowest BCUT2D eigenvalue weighted by atomic mass is 9.94. The Labute approximate surface area is 207 Å². The summed E-state index contributed by atoms with van der Waals surface area (Å²) in [6.07, 6.45) is 1.65. The number of benzene rings is 2. The molecule has 1 aliphatic rings. The fourth-order valence-corrected chi connectivity index (χ4v) is 4.32. The number of rotatable bonds is 11. The maximum atomic E-state index is 13.3. The van der Waals surface area contributed by atoms with Gasteiger partial charge in [0, 0.05) is 18.7 Å². The van der Waals surface area contributed by atoms with Gasteiger partial charge in [-0.05, 0) is 61.5 Å². The van der Waals surface area contributed by atoms with Gasteiger partial charge in [-0.3, -0.25) is 9.59 Å². The Kier molecular flexibility index (Phi) is 8.71. The van der Waals surface area contributed by atoms with E-state index in [1.807, 2.05) is 19.1 Å². The molecule has 1 fully saturated rings. The summed E-state index contributed by atoms with van der Waals surface area (Å²) in [4.78, 5) is 30.2. The van der Waals surface area contributed by atoms with Gasteiger partial charge in [0.1, 0.15) is 23.9 Å². The standard InChI is InChI=1S/C28H34N2O5/c1-6-17-35-22-13-14-23(19(4)18-22)26(31)24-25(20-9-11-21(34-5)12-10-20)30(28(33)27(24)32)16-15-29(7-2)8-3/h6,9-14,18,25,31H,1,7-8,15-17H2,2-5H3/b26-24-. The second kappa shape index (κ2) is 11.7. The first kappa shape index (κ1) is 26.0. The summed E-state index contributed by atoms with van der Waals surface area (Å²) in [7, 11) is 1.58. The maximum absolute atomic E-state index is 13.3. The van der Waals surface area contributed by atoms with Crippen molar-refractivity contribution in [3.8, 4) is 11.5 Å². The monoisotopic (exact) mass is 478 g/mol. The molecule has 1 heterocycles. The van der Waals surface area contributed by atoms with E-state index in [2.05, 4.69) is 25.3 Å². The number of carbonyl (C=O) groups is 2. The highest BCUT2D eigenvalue weighted by atomic mass is 16.5. The van der Waals surface area contributed by atoms with Crippen molar-refractivity contribution in [2.24, 2.45) is 0 Å². The van der Waals surface area contributed by atoms with Crippen molar-refractivity contribution >= 4 is 17.4 Å². The molecule has 0 radical (unpaired) electrons. The molecule has 1 N–H and O–H groups in total. The fraction of sp³-hybridized carbons (Fsp3) is 0.357. The Morgan fingerprint density at radius 1 is 1.11 bits per heavy atom. The molecule has 2 aromatic rings. The topological polar surface area (TPSA) is 79.3 Å². The van der Waals surface area contributed by atoms with Gasteiger partial charge in [0.25, 0.3) is 11.7 Å². The number of nitrogens with zero attached hydrogens (tertiary/aromatic N) is 2. The van der Waals surface area contributed by atoms with Crippen molar-refractivity contribution in [3.63, 3.8) is 0 Å². The SMILES string of the molecule is C=CCOc1ccc(/C(O)=C2/C(=O)C(=O)N(CCN(CC)CC)C2c2ccc(OC)cc2)c(C)c1. The minimum Gasteiger partial charge on any atom is -0.507 e. The van der Waals surface area contributed by atoms with Crippen molar-refractivity contribution < 1.29 is 24.2 Å². The summed E-state index contributed by atoms with van der Waals surface area (Å²) in [6.45, 7) is 12.6. The van der Waals surface area contributed by atoms with Gasteiger partial charge in [0.15, 0.2) is 0 Å². The number of hydrogen-bond donors (Lipinski definition) is 1. The van der Waals surface area contributed by atoms with Gasteiger partial charge < -0.3 is 24.4 Å². The third-order valence-electron chi connectivity index (χ3n) is 6.34. The summed E-state index contributed by atoms with van der Waals surface area (Å²) in [5, 5.41) is 11.4. The molecule has 1 unspecified atom stereocenters. The Morgan fingerprint density at radius 3 is 2.34 bits per heavy atom. The van der Waals surface area contributed by atoms with Crippen LogP contribution < -0.4 is 9.47 Å². The first-order chi connectivity index (χ1) is 16.9. The first-order valence-corrected chi connectivity index (χ1v) is 11.9. The average Bonchev–Trinajstić information content (AvgIpc) is 3.12. The van der Waals surface area contributed by atoms with Crippen LogP contribution in [-0.2, 0) is 9.59 Å². The van der Waals surface area contributed by atoms with Crippen LogP contribution in [-0.4, -0.2) is 66.5 Å². The summed E-state index contributed by atoms with van der Waals surface area (Å²) < 4.78 is 10.9. The molecule has 3 rings (SSSR count). The number of aryl methyl sites for hydroxylation is 1. The molecule has 0 aliphatic carbocycles. The number of hydrogen-bond acceptors (Lipinski definition) is 6. The molecule has 35 heavy (non-hydrogen) atoms. The van der Waals surface area contributed by atoms with Crippen LogP contribution in [0.25, 0.3) is 5.76 Å². The van der Waals surface area contributed by atoms with E-state index in [1.165, 1.54) is 0 Å². The second-order valence-electron chi connectivity index (χ2n) is 8.37. The number of likely N-dealkylation sites (tertiary alicyclic amines) is 1. The third kappa shape index (κ3) is 5.57. The molecular weight excluding hydrogens is 444 g/mol. The Morgan fingerprint density at radius 2 is 1.77 bits per heavy atom. The number of aliphatic hydroxyl groups is 1. The lowest BCUT2D eigenvalue weighted by molar-refractivity contribution is -0.140. The van der Waals surface area contributed by atoms with Crippen LogP contribution >= 0.6 is 0 Å². The van der Waals surface area contributed by atoms with Crippen LogP contribution in [0.5, 0.6) is 11.5 Å². The van der Waals surface area contributed by atoms with Crippen LogP contribution in [0.3, 0.4) is 0 Å². The van der Waals surface area contributed by atoms with Gasteiger partial charge in [-0.2, -0.15) is 0 Å². The molecule has 0 bridgehead atoms.